The molecule has 0 spiro atoms. The molecule has 0 aliphatic rings. The van der Waals surface area contributed by atoms with Crippen molar-refractivity contribution in [1.82, 2.24) is 15.1 Å². The number of hydrogen-bond donors (Lipinski definition) is 1. The van der Waals surface area contributed by atoms with E-state index in [-0.39, 0.29) is 11.6 Å². The second-order valence-electron chi connectivity index (χ2n) is 5.22. The van der Waals surface area contributed by atoms with Crippen LogP contribution in [0.25, 0.3) is 0 Å². The standard InChI is InChI=1S/C15H15BrClF2N3O/c1-8(5-9-3-4-10(16)6-12(9)17)20-15(23)11-7-22(2)21-13(11)14(18)19/h3-4,6-8,14H,5H2,1-2H3,(H,20,23). The van der Waals surface area contributed by atoms with Crippen molar-refractivity contribution in [2.75, 3.05) is 0 Å². The van der Waals surface area contributed by atoms with E-state index < -0.39 is 18.0 Å². The number of aryl methyl sites for hydroxylation is 1. The van der Waals surface area contributed by atoms with Gasteiger partial charge in [0.25, 0.3) is 12.3 Å². The Kier molecular flexibility index (Phi) is 5.75. The van der Waals surface area contributed by atoms with Crippen molar-refractivity contribution in [2.24, 2.45) is 7.05 Å². The predicted molar refractivity (Wildman–Crippen MR) is 87.9 cm³/mol. The Morgan fingerprint density at radius 1 is 1.48 bits per heavy atom. The van der Waals surface area contributed by atoms with Gasteiger partial charge in [-0.3, -0.25) is 9.48 Å². The number of carbonyl (C=O) groups excluding carboxylic acids is 1. The van der Waals surface area contributed by atoms with Crippen LogP contribution < -0.4 is 5.32 Å². The lowest BCUT2D eigenvalue weighted by molar-refractivity contribution is 0.0925. The molecule has 0 aliphatic heterocycles. The average Bonchev–Trinajstić information content (AvgIpc) is 2.84. The lowest BCUT2D eigenvalue weighted by Crippen LogP contribution is -2.34. The maximum Gasteiger partial charge on any atom is 0.282 e. The van der Waals surface area contributed by atoms with Crippen LogP contribution in [0.2, 0.25) is 5.02 Å². The molecule has 2 rings (SSSR count). The second kappa shape index (κ2) is 7.40. The van der Waals surface area contributed by atoms with Crippen molar-refractivity contribution in [1.29, 1.82) is 0 Å². The zero-order valence-electron chi connectivity index (χ0n) is 12.5. The Morgan fingerprint density at radius 3 is 2.78 bits per heavy atom. The SMILES string of the molecule is CC(Cc1ccc(Br)cc1Cl)NC(=O)c1cn(C)nc1C(F)F. The Morgan fingerprint density at radius 2 is 2.17 bits per heavy atom. The van der Waals surface area contributed by atoms with Gasteiger partial charge in [0.15, 0.2) is 0 Å². The molecular formula is C15H15BrClF2N3O. The average molecular weight is 407 g/mol. The monoisotopic (exact) mass is 405 g/mol. The van der Waals surface area contributed by atoms with Crippen molar-refractivity contribution in [3.63, 3.8) is 0 Å². The molecule has 124 valence electrons. The van der Waals surface area contributed by atoms with E-state index >= 15 is 0 Å². The Balaban J connectivity index is 2.08. The summed E-state index contributed by atoms with van der Waals surface area (Å²) in [5.74, 6) is -0.575. The molecule has 0 radical (unpaired) electrons. The second-order valence-corrected chi connectivity index (χ2v) is 6.54. The molecule has 1 N–H and O–H groups in total. The summed E-state index contributed by atoms with van der Waals surface area (Å²) >= 11 is 9.46. The summed E-state index contributed by atoms with van der Waals surface area (Å²) in [6, 6.07) is 5.20. The molecule has 1 heterocycles. The number of alkyl halides is 2. The van der Waals surface area contributed by atoms with Crippen molar-refractivity contribution in [3.05, 3.63) is 50.7 Å². The van der Waals surface area contributed by atoms with E-state index in [0.29, 0.717) is 11.4 Å². The maximum atomic E-state index is 12.9. The zero-order chi connectivity index (χ0) is 17.1. The first kappa shape index (κ1) is 17.9. The number of aromatic nitrogens is 2. The summed E-state index contributed by atoms with van der Waals surface area (Å²) in [6.45, 7) is 1.79. The summed E-state index contributed by atoms with van der Waals surface area (Å²) in [6.07, 6.45) is -1.02. The topological polar surface area (TPSA) is 46.9 Å². The van der Waals surface area contributed by atoms with Crippen LogP contribution in [-0.4, -0.2) is 21.7 Å². The molecule has 1 amide bonds. The van der Waals surface area contributed by atoms with Gasteiger partial charge >= 0.3 is 0 Å². The minimum Gasteiger partial charge on any atom is -0.349 e. The van der Waals surface area contributed by atoms with Gasteiger partial charge < -0.3 is 5.32 Å². The van der Waals surface area contributed by atoms with Crippen molar-refractivity contribution in [2.45, 2.75) is 25.8 Å². The van der Waals surface area contributed by atoms with E-state index in [4.69, 9.17) is 11.6 Å². The van der Waals surface area contributed by atoms with Gasteiger partial charge in [-0.15, -0.1) is 0 Å². The number of rotatable bonds is 5. The minimum atomic E-state index is -2.80. The number of hydrogen-bond acceptors (Lipinski definition) is 2. The van der Waals surface area contributed by atoms with Gasteiger partial charge in [-0.05, 0) is 31.0 Å². The van der Waals surface area contributed by atoms with Gasteiger partial charge in [0.1, 0.15) is 5.69 Å². The Labute approximate surface area is 145 Å². The molecular weight excluding hydrogens is 392 g/mol. The summed E-state index contributed by atoms with van der Waals surface area (Å²) in [7, 11) is 1.49. The van der Waals surface area contributed by atoms with Gasteiger partial charge in [-0.25, -0.2) is 8.78 Å². The molecule has 1 aromatic heterocycles. The lowest BCUT2D eigenvalue weighted by Gasteiger charge is -2.15. The van der Waals surface area contributed by atoms with Crippen LogP contribution in [0.3, 0.4) is 0 Å². The smallest absolute Gasteiger partial charge is 0.282 e. The normalized spacial score (nSPS) is 12.5. The van der Waals surface area contributed by atoms with Gasteiger partial charge in [0.05, 0.1) is 5.56 Å². The molecule has 1 aromatic carbocycles. The van der Waals surface area contributed by atoms with Crippen molar-refractivity contribution < 1.29 is 13.6 Å². The van der Waals surface area contributed by atoms with Crippen LogP contribution in [0.1, 0.15) is 35.0 Å². The first-order valence-corrected chi connectivity index (χ1v) is 8.01. The molecule has 8 heteroatoms. The van der Waals surface area contributed by atoms with Crippen LogP contribution in [0.15, 0.2) is 28.9 Å². The summed E-state index contributed by atoms with van der Waals surface area (Å²) < 4.78 is 27.9. The third-order valence-electron chi connectivity index (χ3n) is 3.23. The molecule has 1 atom stereocenters. The minimum absolute atomic E-state index is 0.115. The summed E-state index contributed by atoms with van der Waals surface area (Å²) in [5, 5.41) is 6.90. The van der Waals surface area contributed by atoms with E-state index in [1.54, 1.807) is 13.0 Å². The third kappa shape index (κ3) is 4.51. The highest BCUT2D eigenvalue weighted by molar-refractivity contribution is 9.10. The van der Waals surface area contributed by atoms with Gasteiger partial charge in [-0.2, -0.15) is 5.10 Å². The molecule has 4 nitrogen and oxygen atoms in total. The zero-order valence-corrected chi connectivity index (χ0v) is 14.8. The number of carbonyl (C=O) groups is 1. The van der Waals surface area contributed by atoms with E-state index in [1.807, 2.05) is 12.1 Å². The van der Waals surface area contributed by atoms with E-state index in [9.17, 15) is 13.6 Å². The highest BCUT2D eigenvalue weighted by Crippen LogP contribution is 2.23. The molecule has 0 bridgehead atoms. The number of nitrogens with zero attached hydrogens (tertiary/aromatic N) is 2. The van der Waals surface area contributed by atoms with Gasteiger partial charge in [-0.1, -0.05) is 33.6 Å². The van der Waals surface area contributed by atoms with Crippen LogP contribution in [-0.2, 0) is 13.5 Å². The van der Waals surface area contributed by atoms with Crippen LogP contribution in [0.4, 0.5) is 8.78 Å². The quantitative estimate of drug-likeness (QED) is 0.811. The Hall–Kier alpha value is -1.47. The predicted octanol–water partition coefficient (Wildman–Crippen LogP) is 4.13. The highest BCUT2D eigenvalue weighted by Gasteiger charge is 2.23. The summed E-state index contributed by atoms with van der Waals surface area (Å²) in [4.78, 5) is 12.2. The molecule has 23 heavy (non-hydrogen) atoms. The van der Waals surface area contributed by atoms with Crippen LogP contribution in [0.5, 0.6) is 0 Å². The number of halogens is 4. The first-order valence-electron chi connectivity index (χ1n) is 6.84. The largest absolute Gasteiger partial charge is 0.349 e. The lowest BCUT2D eigenvalue weighted by atomic mass is 10.1. The fourth-order valence-corrected chi connectivity index (χ4v) is 2.96. The molecule has 0 aliphatic carbocycles. The van der Waals surface area contributed by atoms with Crippen LogP contribution >= 0.6 is 27.5 Å². The molecule has 1 unspecified atom stereocenters. The molecule has 2 aromatic rings. The molecule has 0 saturated heterocycles. The van der Waals surface area contributed by atoms with E-state index in [2.05, 4.69) is 26.3 Å². The Bertz CT molecular complexity index is 721. The number of nitrogens with one attached hydrogen (secondary N) is 1. The third-order valence-corrected chi connectivity index (χ3v) is 4.07. The van der Waals surface area contributed by atoms with Gasteiger partial charge in [0, 0.05) is 28.8 Å². The van der Waals surface area contributed by atoms with Gasteiger partial charge in [0.2, 0.25) is 0 Å². The van der Waals surface area contributed by atoms with Crippen molar-refractivity contribution in [3.8, 4) is 0 Å². The first-order chi connectivity index (χ1) is 10.8. The summed E-state index contributed by atoms with van der Waals surface area (Å²) in [5.41, 5.74) is 0.234. The van der Waals surface area contributed by atoms with Crippen molar-refractivity contribution >= 4 is 33.4 Å². The van der Waals surface area contributed by atoms with Crippen LogP contribution in [0, 0.1) is 0 Å². The number of amides is 1. The van der Waals surface area contributed by atoms with E-state index in [0.717, 1.165) is 10.0 Å². The maximum absolute atomic E-state index is 12.9. The van der Waals surface area contributed by atoms with E-state index in [1.165, 1.54) is 17.9 Å². The highest BCUT2D eigenvalue weighted by atomic mass is 79.9. The fourth-order valence-electron chi connectivity index (χ4n) is 2.21. The number of benzene rings is 1. The fraction of sp³-hybridized carbons (Fsp3) is 0.333. The molecule has 0 fully saturated rings. The molecule has 0 saturated carbocycles.